The third kappa shape index (κ3) is 4.18. The first kappa shape index (κ1) is 13.1. The summed E-state index contributed by atoms with van der Waals surface area (Å²) in [6.45, 7) is 4.13. The van der Waals surface area contributed by atoms with E-state index < -0.39 is 0 Å². The van der Waals surface area contributed by atoms with Gasteiger partial charge in [-0.1, -0.05) is 18.9 Å². The van der Waals surface area contributed by atoms with Gasteiger partial charge in [0.25, 0.3) is 0 Å². The van der Waals surface area contributed by atoms with Gasteiger partial charge in [-0.2, -0.15) is 4.98 Å². The molecule has 0 saturated heterocycles. The van der Waals surface area contributed by atoms with Crippen LogP contribution in [0.4, 0.5) is 5.82 Å². The van der Waals surface area contributed by atoms with Gasteiger partial charge in [0.05, 0.1) is 19.3 Å². The molecule has 2 rings (SSSR count). The number of hydrogen-bond acceptors (Lipinski definition) is 4. The van der Waals surface area contributed by atoms with Crippen LogP contribution in [0.3, 0.4) is 0 Å². The minimum atomic E-state index is 0.481. The van der Waals surface area contributed by atoms with Gasteiger partial charge in [-0.3, -0.25) is 0 Å². The van der Waals surface area contributed by atoms with Gasteiger partial charge in [-0.25, -0.2) is 0 Å². The Morgan fingerprint density at radius 1 is 1.33 bits per heavy atom. The molecule has 0 atom stereocenters. The van der Waals surface area contributed by atoms with Crippen molar-refractivity contribution in [3.05, 3.63) is 18.2 Å². The molecule has 1 fully saturated rings. The first-order valence-corrected chi connectivity index (χ1v) is 6.84. The number of aromatic nitrogens is 1. The fourth-order valence-corrected chi connectivity index (χ4v) is 2.20. The van der Waals surface area contributed by atoms with E-state index in [2.05, 4.69) is 10.3 Å². The van der Waals surface area contributed by atoms with Gasteiger partial charge in [0, 0.05) is 12.6 Å². The normalized spacial score (nSPS) is 15.8. The summed E-state index contributed by atoms with van der Waals surface area (Å²) in [6.07, 6.45) is 5.55. The van der Waals surface area contributed by atoms with Crippen molar-refractivity contribution in [3.8, 4) is 5.88 Å². The molecule has 0 bridgehead atoms. The molecule has 1 heterocycles. The van der Waals surface area contributed by atoms with Crippen LogP contribution in [0, 0.1) is 0 Å². The highest BCUT2D eigenvalue weighted by Crippen LogP contribution is 2.20. The van der Waals surface area contributed by atoms with Crippen LogP contribution in [0.15, 0.2) is 18.2 Å². The SMILES string of the molecule is CCOc1cccc(NCCOC2CCCC2)n1. The average Bonchev–Trinajstić information content (AvgIpc) is 2.89. The standard InChI is InChI=1S/C14H22N2O2/c1-2-17-14-9-5-8-13(16-14)15-10-11-18-12-6-3-4-7-12/h5,8-9,12H,2-4,6-7,10-11H2,1H3,(H,15,16). The molecular weight excluding hydrogens is 228 g/mol. The summed E-state index contributed by atoms with van der Waals surface area (Å²) in [5, 5.41) is 3.25. The molecule has 1 saturated carbocycles. The number of anilines is 1. The monoisotopic (exact) mass is 250 g/mol. The van der Waals surface area contributed by atoms with Crippen molar-refractivity contribution in [2.24, 2.45) is 0 Å². The number of pyridine rings is 1. The third-order valence-corrected chi connectivity index (χ3v) is 3.08. The molecule has 0 unspecified atom stereocenters. The Labute approximate surface area is 109 Å². The van der Waals surface area contributed by atoms with E-state index in [1.54, 1.807) is 0 Å². The fraction of sp³-hybridized carbons (Fsp3) is 0.643. The van der Waals surface area contributed by atoms with Crippen LogP contribution in [-0.4, -0.2) is 30.8 Å². The Bertz CT molecular complexity index is 351. The Balaban J connectivity index is 1.67. The second-order valence-electron chi connectivity index (χ2n) is 4.50. The molecule has 0 amide bonds. The topological polar surface area (TPSA) is 43.4 Å². The summed E-state index contributed by atoms with van der Waals surface area (Å²) in [5.74, 6) is 1.51. The second kappa shape index (κ2) is 7.21. The maximum Gasteiger partial charge on any atom is 0.215 e. The molecule has 4 nitrogen and oxygen atoms in total. The quantitative estimate of drug-likeness (QED) is 0.756. The lowest BCUT2D eigenvalue weighted by atomic mass is 10.3. The van der Waals surface area contributed by atoms with Crippen molar-refractivity contribution in [1.82, 2.24) is 4.98 Å². The summed E-state index contributed by atoms with van der Waals surface area (Å²) in [6, 6.07) is 5.75. The zero-order valence-electron chi connectivity index (χ0n) is 11.0. The van der Waals surface area contributed by atoms with E-state index in [4.69, 9.17) is 9.47 Å². The molecule has 4 heteroatoms. The van der Waals surface area contributed by atoms with Crippen LogP contribution < -0.4 is 10.1 Å². The van der Waals surface area contributed by atoms with Crippen LogP contribution in [0.25, 0.3) is 0 Å². The average molecular weight is 250 g/mol. The maximum atomic E-state index is 5.78. The number of nitrogens with zero attached hydrogens (tertiary/aromatic N) is 1. The van der Waals surface area contributed by atoms with Gasteiger partial charge < -0.3 is 14.8 Å². The first-order valence-electron chi connectivity index (χ1n) is 6.84. The Hall–Kier alpha value is -1.29. The molecule has 1 aromatic heterocycles. The molecule has 100 valence electrons. The molecular formula is C14H22N2O2. The number of nitrogens with one attached hydrogen (secondary N) is 1. The van der Waals surface area contributed by atoms with Gasteiger partial charge in [0.2, 0.25) is 5.88 Å². The fourth-order valence-electron chi connectivity index (χ4n) is 2.20. The van der Waals surface area contributed by atoms with E-state index >= 15 is 0 Å². The summed E-state index contributed by atoms with van der Waals surface area (Å²) in [5.41, 5.74) is 0. The van der Waals surface area contributed by atoms with E-state index in [0.717, 1.165) is 19.0 Å². The van der Waals surface area contributed by atoms with E-state index in [-0.39, 0.29) is 0 Å². The van der Waals surface area contributed by atoms with Crippen molar-refractivity contribution < 1.29 is 9.47 Å². The maximum absolute atomic E-state index is 5.78. The van der Waals surface area contributed by atoms with Crippen LogP contribution in [0.2, 0.25) is 0 Å². The van der Waals surface area contributed by atoms with Gasteiger partial charge in [-0.05, 0) is 25.8 Å². The van der Waals surface area contributed by atoms with Gasteiger partial charge in [0.1, 0.15) is 5.82 Å². The molecule has 0 aromatic carbocycles. The van der Waals surface area contributed by atoms with E-state index in [1.165, 1.54) is 25.7 Å². The zero-order valence-corrected chi connectivity index (χ0v) is 11.0. The molecule has 1 aliphatic carbocycles. The Morgan fingerprint density at radius 2 is 2.17 bits per heavy atom. The van der Waals surface area contributed by atoms with E-state index in [9.17, 15) is 0 Å². The van der Waals surface area contributed by atoms with Crippen LogP contribution in [-0.2, 0) is 4.74 Å². The van der Waals surface area contributed by atoms with Crippen molar-refractivity contribution in [1.29, 1.82) is 0 Å². The van der Waals surface area contributed by atoms with Crippen molar-refractivity contribution >= 4 is 5.82 Å². The van der Waals surface area contributed by atoms with Gasteiger partial charge in [-0.15, -0.1) is 0 Å². The number of rotatable bonds is 7. The molecule has 0 radical (unpaired) electrons. The molecule has 0 spiro atoms. The molecule has 0 aliphatic heterocycles. The molecule has 1 aliphatic rings. The Kier molecular flexibility index (Phi) is 5.27. The van der Waals surface area contributed by atoms with Gasteiger partial charge >= 0.3 is 0 Å². The van der Waals surface area contributed by atoms with Crippen molar-refractivity contribution in [2.75, 3.05) is 25.1 Å². The summed E-state index contributed by atoms with van der Waals surface area (Å²) >= 11 is 0. The van der Waals surface area contributed by atoms with E-state index in [0.29, 0.717) is 18.6 Å². The summed E-state index contributed by atoms with van der Waals surface area (Å²) < 4.78 is 11.1. The van der Waals surface area contributed by atoms with Crippen LogP contribution >= 0.6 is 0 Å². The number of hydrogen-bond donors (Lipinski definition) is 1. The predicted molar refractivity (Wildman–Crippen MR) is 72.1 cm³/mol. The lowest BCUT2D eigenvalue weighted by molar-refractivity contribution is 0.0658. The molecule has 1 aromatic rings. The largest absolute Gasteiger partial charge is 0.478 e. The van der Waals surface area contributed by atoms with Crippen LogP contribution in [0.5, 0.6) is 5.88 Å². The summed E-state index contributed by atoms with van der Waals surface area (Å²) in [4.78, 5) is 4.34. The van der Waals surface area contributed by atoms with Crippen molar-refractivity contribution in [2.45, 2.75) is 38.7 Å². The highest BCUT2D eigenvalue weighted by atomic mass is 16.5. The highest BCUT2D eigenvalue weighted by molar-refractivity contribution is 5.36. The Morgan fingerprint density at radius 3 is 2.94 bits per heavy atom. The van der Waals surface area contributed by atoms with E-state index in [1.807, 2.05) is 25.1 Å². The molecule has 18 heavy (non-hydrogen) atoms. The summed E-state index contributed by atoms with van der Waals surface area (Å²) in [7, 11) is 0. The van der Waals surface area contributed by atoms with Crippen LogP contribution in [0.1, 0.15) is 32.6 Å². The zero-order chi connectivity index (χ0) is 12.6. The molecule has 1 N–H and O–H groups in total. The minimum absolute atomic E-state index is 0.481. The lowest BCUT2D eigenvalue weighted by Gasteiger charge is -2.12. The predicted octanol–water partition coefficient (Wildman–Crippen LogP) is 2.85. The lowest BCUT2D eigenvalue weighted by Crippen LogP contribution is -2.15. The highest BCUT2D eigenvalue weighted by Gasteiger charge is 2.14. The van der Waals surface area contributed by atoms with Crippen molar-refractivity contribution in [3.63, 3.8) is 0 Å². The third-order valence-electron chi connectivity index (χ3n) is 3.08. The first-order chi connectivity index (χ1) is 8.88. The smallest absolute Gasteiger partial charge is 0.215 e. The second-order valence-corrected chi connectivity index (χ2v) is 4.50. The minimum Gasteiger partial charge on any atom is -0.478 e. The van der Waals surface area contributed by atoms with Gasteiger partial charge in [0.15, 0.2) is 0 Å². The number of ether oxygens (including phenoxy) is 2.